The highest BCUT2D eigenvalue weighted by Crippen LogP contribution is 2.20. The van der Waals surface area contributed by atoms with Crippen LogP contribution in [-0.4, -0.2) is 23.0 Å². The molecule has 4 heteroatoms. The molecule has 2 rings (SSSR count). The molecular weight excluding hydrogens is 238 g/mol. The molecule has 104 valence electrons. The van der Waals surface area contributed by atoms with E-state index in [9.17, 15) is 4.79 Å². The van der Waals surface area contributed by atoms with Gasteiger partial charge in [0.25, 0.3) is 0 Å². The Morgan fingerprint density at radius 2 is 2.05 bits per heavy atom. The number of rotatable bonds is 3. The van der Waals surface area contributed by atoms with Crippen molar-refractivity contribution >= 4 is 11.6 Å². The van der Waals surface area contributed by atoms with Gasteiger partial charge in [0, 0.05) is 17.8 Å². The van der Waals surface area contributed by atoms with Crippen molar-refractivity contribution in [2.75, 3.05) is 5.73 Å². The Morgan fingerprint density at radius 3 is 2.68 bits per heavy atom. The number of nitrogens with two attached hydrogens (primary N) is 1. The third-order valence-electron chi connectivity index (χ3n) is 3.76. The van der Waals surface area contributed by atoms with E-state index in [-0.39, 0.29) is 5.91 Å². The van der Waals surface area contributed by atoms with Crippen molar-refractivity contribution in [2.45, 2.75) is 51.6 Å². The quantitative estimate of drug-likeness (QED) is 0.819. The summed E-state index contributed by atoms with van der Waals surface area (Å²) in [6, 6.07) is 8.31. The van der Waals surface area contributed by atoms with Crippen molar-refractivity contribution < 1.29 is 4.79 Å². The zero-order valence-corrected chi connectivity index (χ0v) is 11.7. The first-order valence-corrected chi connectivity index (χ1v) is 6.98. The van der Waals surface area contributed by atoms with Crippen LogP contribution in [0.5, 0.6) is 0 Å². The Kier molecular flexibility index (Phi) is 4.43. The molecule has 0 saturated carbocycles. The zero-order valence-electron chi connectivity index (χ0n) is 11.7. The van der Waals surface area contributed by atoms with E-state index in [0.29, 0.717) is 24.2 Å². The molecule has 1 fully saturated rings. The first-order chi connectivity index (χ1) is 9.06. The second-order valence-corrected chi connectivity index (χ2v) is 5.49. The van der Waals surface area contributed by atoms with Crippen molar-refractivity contribution in [1.82, 2.24) is 10.4 Å². The Labute approximate surface area is 114 Å². The van der Waals surface area contributed by atoms with Crippen LogP contribution in [0.15, 0.2) is 24.3 Å². The summed E-state index contributed by atoms with van der Waals surface area (Å²) in [6.07, 6.45) is 3.90. The smallest absolute Gasteiger partial charge is 0.238 e. The number of hydrogen-bond donors (Lipinski definition) is 2. The molecule has 19 heavy (non-hydrogen) atoms. The van der Waals surface area contributed by atoms with E-state index in [0.717, 1.165) is 18.4 Å². The van der Waals surface area contributed by atoms with Crippen molar-refractivity contribution in [1.29, 1.82) is 0 Å². The summed E-state index contributed by atoms with van der Waals surface area (Å²) in [6.45, 7) is 4.33. The number of amides is 1. The molecule has 0 aliphatic carbocycles. The minimum Gasteiger partial charge on any atom is -0.399 e. The number of nitrogens with zero attached hydrogens (tertiary/aromatic N) is 1. The molecule has 0 spiro atoms. The molecule has 1 aromatic carbocycles. The normalized spacial score (nSPS) is 24.1. The van der Waals surface area contributed by atoms with Crippen LogP contribution in [0.4, 0.5) is 5.69 Å². The predicted octanol–water partition coefficient (Wildman–Crippen LogP) is 2.11. The molecule has 4 nitrogen and oxygen atoms in total. The number of hydrazine groups is 1. The second kappa shape index (κ2) is 6.06. The number of nitrogen functional groups attached to an aromatic ring is 1. The van der Waals surface area contributed by atoms with Crippen LogP contribution in [0.3, 0.4) is 0 Å². The van der Waals surface area contributed by atoms with Gasteiger partial charge in [-0.05, 0) is 44.4 Å². The molecule has 2 unspecified atom stereocenters. The summed E-state index contributed by atoms with van der Waals surface area (Å²) in [4.78, 5) is 12.1. The Hall–Kier alpha value is -1.55. The lowest BCUT2D eigenvalue weighted by molar-refractivity contribution is -0.128. The van der Waals surface area contributed by atoms with Crippen LogP contribution in [0.2, 0.25) is 0 Å². The van der Waals surface area contributed by atoms with Gasteiger partial charge in [0.05, 0.1) is 6.42 Å². The van der Waals surface area contributed by atoms with Gasteiger partial charge < -0.3 is 5.73 Å². The monoisotopic (exact) mass is 261 g/mol. The van der Waals surface area contributed by atoms with Crippen molar-refractivity contribution in [3.8, 4) is 0 Å². The first kappa shape index (κ1) is 13.9. The van der Waals surface area contributed by atoms with E-state index in [2.05, 4.69) is 24.3 Å². The molecule has 1 amide bonds. The van der Waals surface area contributed by atoms with Crippen LogP contribution >= 0.6 is 0 Å². The summed E-state index contributed by atoms with van der Waals surface area (Å²) >= 11 is 0. The first-order valence-electron chi connectivity index (χ1n) is 6.98. The summed E-state index contributed by atoms with van der Waals surface area (Å²) in [5.74, 6) is 0.0335. The number of anilines is 1. The van der Waals surface area contributed by atoms with Crippen LogP contribution in [0.25, 0.3) is 0 Å². The van der Waals surface area contributed by atoms with Gasteiger partial charge >= 0.3 is 0 Å². The Balaban J connectivity index is 1.93. The molecule has 1 heterocycles. The number of nitrogens with one attached hydrogen (secondary N) is 1. The lowest BCUT2D eigenvalue weighted by Gasteiger charge is -2.38. The largest absolute Gasteiger partial charge is 0.399 e. The lowest BCUT2D eigenvalue weighted by atomic mass is 10.00. The van der Waals surface area contributed by atoms with Gasteiger partial charge in [0.1, 0.15) is 0 Å². The van der Waals surface area contributed by atoms with Gasteiger partial charge in [0.2, 0.25) is 5.91 Å². The highest BCUT2D eigenvalue weighted by Gasteiger charge is 2.25. The average Bonchev–Trinajstić information content (AvgIpc) is 2.34. The highest BCUT2D eigenvalue weighted by atomic mass is 16.2. The topological polar surface area (TPSA) is 58.4 Å². The summed E-state index contributed by atoms with van der Waals surface area (Å²) in [5, 5.41) is 2.10. The summed E-state index contributed by atoms with van der Waals surface area (Å²) in [5.41, 5.74) is 10.4. The van der Waals surface area contributed by atoms with E-state index in [1.165, 1.54) is 6.42 Å². The van der Waals surface area contributed by atoms with Gasteiger partial charge in [-0.15, -0.1) is 0 Å². The molecule has 1 aliphatic rings. The molecule has 1 aliphatic heterocycles. The maximum absolute atomic E-state index is 12.1. The van der Waals surface area contributed by atoms with Gasteiger partial charge in [0.15, 0.2) is 0 Å². The molecule has 0 bridgehead atoms. The maximum Gasteiger partial charge on any atom is 0.238 e. The number of piperidine rings is 1. The number of carbonyl (C=O) groups is 1. The molecular formula is C15H23N3O. The van der Waals surface area contributed by atoms with Crippen molar-refractivity contribution in [3.63, 3.8) is 0 Å². The lowest BCUT2D eigenvalue weighted by Crippen LogP contribution is -2.54. The minimum atomic E-state index is 0.0335. The number of carbonyl (C=O) groups excluding carboxylic acids is 1. The van der Waals surface area contributed by atoms with Crippen LogP contribution in [0.1, 0.15) is 38.7 Å². The SMILES string of the molecule is CC1CCCC(C)N1NC(=O)Cc1cccc(N)c1. The average molecular weight is 261 g/mol. The fourth-order valence-electron chi connectivity index (χ4n) is 2.71. The van der Waals surface area contributed by atoms with E-state index in [4.69, 9.17) is 5.73 Å². The third kappa shape index (κ3) is 3.70. The molecule has 1 saturated heterocycles. The van der Waals surface area contributed by atoms with Crippen molar-refractivity contribution in [3.05, 3.63) is 29.8 Å². The standard InChI is InChI=1S/C15H23N3O/c1-11-5-3-6-12(2)18(11)17-15(19)10-13-7-4-8-14(16)9-13/h4,7-9,11-12H,3,5-6,10,16H2,1-2H3,(H,17,19). The van der Waals surface area contributed by atoms with Gasteiger partial charge in [-0.1, -0.05) is 18.6 Å². The zero-order chi connectivity index (χ0) is 13.8. The minimum absolute atomic E-state index is 0.0335. The van der Waals surface area contributed by atoms with Gasteiger partial charge in [-0.25, -0.2) is 5.01 Å². The van der Waals surface area contributed by atoms with E-state index in [1.54, 1.807) is 0 Å². The number of benzene rings is 1. The highest BCUT2D eigenvalue weighted by molar-refractivity contribution is 5.78. The molecule has 3 N–H and O–H groups in total. The third-order valence-corrected chi connectivity index (χ3v) is 3.76. The van der Waals surface area contributed by atoms with Crippen LogP contribution in [0, 0.1) is 0 Å². The van der Waals surface area contributed by atoms with E-state index >= 15 is 0 Å². The van der Waals surface area contributed by atoms with E-state index in [1.807, 2.05) is 24.3 Å². The maximum atomic E-state index is 12.1. The van der Waals surface area contributed by atoms with E-state index < -0.39 is 0 Å². The van der Waals surface area contributed by atoms with Crippen molar-refractivity contribution in [2.24, 2.45) is 0 Å². The van der Waals surface area contributed by atoms with Crippen LogP contribution in [-0.2, 0) is 11.2 Å². The van der Waals surface area contributed by atoms with Gasteiger partial charge in [-0.2, -0.15) is 0 Å². The fraction of sp³-hybridized carbons (Fsp3) is 0.533. The molecule has 2 atom stereocenters. The Bertz CT molecular complexity index is 437. The fourth-order valence-corrected chi connectivity index (χ4v) is 2.71. The predicted molar refractivity (Wildman–Crippen MR) is 77.3 cm³/mol. The summed E-state index contributed by atoms with van der Waals surface area (Å²) in [7, 11) is 0. The molecule has 0 radical (unpaired) electrons. The van der Waals surface area contributed by atoms with Crippen LogP contribution < -0.4 is 11.2 Å². The molecule has 1 aromatic rings. The second-order valence-electron chi connectivity index (χ2n) is 5.49. The molecule has 0 aromatic heterocycles. The van der Waals surface area contributed by atoms with Gasteiger partial charge in [-0.3, -0.25) is 10.2 Å². The Morgan fingerprint density at radius 1 is 1.37 bits per heavy atom. The number of hydrogen-bond acceptors (Lipinski definition) is 3. The summed E-state index contributed by atoms with van der Waals surface area (Å²) < 4.78 is 0.